The minimum atomic E-state index is -0.670. The first kappa shape index (κ1) is 29.6. The van der Waals surface area contributed by atoms with Gasteiger partial charge in [-0.15, -0.1) is 0 Å². The molecule has 0 saturated carbocycles. The van der Waals surface area contributed by atoms with Gasteiger partial charge in [0.1, 0.15) is 0 Å². The molecule has 0 heterocycles. The van der Waals surface area contributed by atoms with Crippen LogP contribution in [0.3, 0.4) is 0 Å². The van der Waals surface area contributed by atoms with Crippen LogP contribution in [0.2, 0.25) is 0 Å². The van der Waals surface area contributed by atoms with Gasteiger partial charge in [-0.25, -0.2) is 0 Å². The molecule has 5 nitrogen and oxygen atoms in total. The van der Waals surface area contributed by atoms with Crippen LogP contribution >= 0.6 is 0 Å². The molecule has 0 aliphatic carbocycles. The van der Waals surface area contributed by atoms with Gasteiger partial charge in [0.15, 0.2) is 0 Å². The third kappa shape index (κ3) is 36.7. The summed E-state index contributed by atoms with van der Waals surface area (Å²) in [7, 11) is 0. The number of aliphatic carboxylic acids is 2. The summed E-state index contributed by atoms with van der Waals surface area (Å²) in [4.78, 5) is 20.1. The van der Waals surface area contributed by atoms with Crippen molar-refractivity contribution in [1.82, 2.24) is 0 Å². The Labute approximate surface area is 150 Å². The Bertz CT molecular complexity index is 211. The second kappa shape index (κ2) is 25.6. The molecule has 0 rings (SSSR count). The summed E-state index contributed by atoms with van der Waals surface area (Å²) in [5, 5.41) is 16.5. The van der Waals surface area contributed by atoms with Crippen molar-refractivity contribution in [2.24, 2.45) is 0 Å². The number of hydrogen-bond donors (Lipinski definition) is 2. The van der Waals surface area contributed by atoms with E-state index in [4.69, 9.17) is 10.2 Å². The fourth-order valence-corrected chi connectivity index (χ4v) is 1.76. The smallest absolute Gasteiger partial charge is 2.00 e. The molecule has 0 atom stereocenters. The molecule has 0 fully saturated rings. The van der Waals surface area contributed by atoms with E-state index in [1.165, 1.54) is 38.5 Å². The van der Waals surface area contributed by atoms with Gasteiger partial charge in [-0.1, -0.05) is 65.2 Å². The Morgan fingerprint density at radius 2 is 0.909 bits per heavy atom. The molecule has 6 heteroatoms. The molecule has 0 aromatic carbocycles. The number of hydrogen-bond acceptors (Lipinski definition) is 2. The summed E-state index contributed by atoms with van der Waals surface area (Å²) >= 11 is 0. The van der Waals surface area contributed by atoms with Crippen LogP contribution in [0, 0.1) is 0 Å². The zero-order valence-electron chi connectivity index (χ0n) is 14.1. The van der Waals surface area contributed by atoms with Crippen LogP contribution < -0.4 is 0 Å². The standard InChI is InChI=1S/2C8H16O2.O.Ti/c2*1-2-3-4-5-6-7-8(9)10;;/h2*2-7H2,1H3,(H,9,10);;/q;;-2;+2. The molecule has 0 aromatic heterocycles. The second-order valence-electron chi connectivity index (χ2n) is 5.12. The number of rotatable bonds is 12. The zero-order chi connectivity index (χ0) is 15.6. The number of carboxylic acid groups (broad SMARTS) is 2. The average molecular weight is 352 g/mol. The largest absolute Gasteiger partial charge is 2.00 e. The average Bonchev–Trinajstić information content (AvgIpc) is 2.38. The third-order valence-corrected chi connectivity index (χ3v) is 2.99. The molecule has 0 bridgehead atoms. The fourth-order valence-electron chi connectivity index (χ4n) is 1.76. The van der Waals surface area contributed by atoms with E-state index in [2.05, 4.69) is 13.8 Å². The van der Waals surface area contributed by atoms with E-state index in [0.29, 0.717) is 12.8 Å². The van der Waals surface area contributed by atoms with Crippen molar-refractivity contribution < 1.29 is 47.0 Å². The van der Waals surface area contributed by atoms with Gasteiger partial charge in [0.05, 0.1) is 0 Å². The third-order valence-electron chi connectivity index (χ3n) is 2.99. The summed E-state index contributed by atoms with van der Waals surface area (Å²) in [5.74, 6) is -1.34. The Hall–Kier alpha value is -0.386. The van der Waals surface area contributed by atoms with Crippen molar-refractivity contribution >= 4 is 11.9 Å². The zero-order valence-corrected chi connectivity index (χ0v) is 15.7. The molecule has 0 amide bonds. The molecule has 0 saturated heterocycles. The van der Waals surface area contributed by atoms with Gasteiger partial charge >= 0.3 is 33.7 Å². The van der Waals surface area contributed by atoms with Crippen molar-refractivity contribution in [2.45, 2.75) is 90.9 Å². The monoisotopic (exact) mass is 352 g/mol. The molecule has 22 heavy (non-hydrogen) atoms. The van der Waals surface area contributed by atoms with E-state index in [9.17, 15) is 9.59 Å². The van der Waals surface area contributed by atoms with Gasteiger partial charge < -0.3 is 15.7 Å². The molecule has 0 radical (unpaired) electrons. The minimum Gasteiger partial charge on any atom is -2.00 e. The van der Waals surface area contributed by atoms with Crippen molar-refractivity contribution in [3.05, 3.63) is 0 Å². The predicted molar refractivity (Wildman–Crippen MR) is 82.7 cm³/mol. The van der Waals surface area contributed by atoms with E-state index < -0.39 is 11.9 Å². The maximum atomic E-state index is 10.0. The maximum Gasteiger partial charge on any atom is 2.00 e. The summed E-state index contributed by atoms with van der Waals surface area (Å²) in [6.07, 6.45) is 11.8. The second-order valence-corrected chi connectivity index (χ2v) is 5.12. The van der Waals surface area contributed by atoms with Crippen molar-refractivity contribution in [2.75, 3.05) is 0 Å². The van der Waals surface area contributed by atoms with E-state index in [1.807, 2.05) is 0 Å². The molecular weight excluding hydrogens is 320 g/mol. The quantitative estimate of drug-likeness (QED) is 0.391. The van der Waals surface area contributed by atoms with E-state index >= 15 is 0 Å². The van der Waals surface area contributed by atoms with Crippen LogP contribution in [-0.4, -0.2) is 22.2 Å². The summed E-state index contributed by atoms with van der Waals surface area (Å²) in [6, 6.07) is 0. The van der Waals surface area contributed by atoms with Crippen LogP contribution in [0.1, 0.15) is 90.9 Å². The van der Waals surface area contributed by atoms with Crippen LogP contribution in [0.15, 0.2) is 0 Å². The Balaban J connectivity index is -0.000000135. The van der Waals surface area contributed by atoms with Crippen LogP contribution in [-0.2, 0) is 36.8 Å². The van der Waals surface area contributed by atoms with E-state index in [0.717, 1.165) is 25.7 Å². The first-order valence-electron chi connectivity index (χ1n) is 7.98. The van der Waals surface area contributed by atoms with Crippen LogP contribution in [0.5, 0.6) is 0 Å². The fraction of sp³-hybridized carbons (Fsp3) is 0.875. The first-order chi connectivity index (χ1) is 9.54. The van der Waals surface area contributed by atoms with Gasteiger partial charge in [-0.05, 0) is 12.8 Å². The summed E-state index contributed by atoms with van der Waals surface area (Å²) in [5.41, 5.74) is 0. The molecule has 0 aromatic rings. The maximum absolute atomic E-state index is 10.0. The van der Waals surface area contributed by atoms with E-state index in [-0.39, 0.29) is 27.2 Å². The van der Waals surface area contributed by atoms with Gasteiger partial charge in [0.25, 0.3) is 0 Å². The predicted octanol–water partition coefficient (Wildman–Crippen LogP) is 4.74. The van der Waals surface area contributed by atoms with E-state index in [1.54, 1.807) is 0 Å². The normalized spacial score (nSPS) is 8.82. The van der Waals surface area contributed by atoms with Crippen molar-refractivity contribution in [3.8, 4) is 0 Å². The van der Waals surface area contributed by atoms with Crippen molar-refractivity contribution in [1.29, 1.82) is 0 Å². The van der Waals surface area contributed by atoms with Gasteiger partial charge in [0, 0.05) is 12.8 Å². The Morgan fingerprint density at radius 1 is 0.636 bits per heavy atom. The Morgan fingerprint density at radius 3 is 1.14 bits per heavy atom. The topological polar surface area (TPSA) is 103 Å². The van der Waals surface area contributed by atoms with Crippen LogP contribution in [0.4, 0.5) is 0 Å². The summed E-state index contributed by atoms with van der Waals surface area (Å²) in [6.45, 7) is 4.30. The van der Waals surface area contributed by atoms with Gasteiger partial charge in [0.2, 0.25) is 0 Å². The minimum absolute atomic E-state index is 0. The SMILES string of the molecule is CCCCCCCC(=O)O.CCCCCCCC(=O)O.[O-2].[Ti+2]. The first-order valence-corrected chi connectivity index (χ1v) is 7.98. The van der Waals surface area contributed by atoms with Crippen molar-refractivity contribution in [3.63, 3.8) is 0 Å². The molecule has 0 aliphatic rings. The number of carbonyl (C=O) groups is 2. The molecule has 130 valence electrons. The molecule has 2 N–H and O–H groups in total. The van der Waals surface area contributed by atoms with Crippen LogP contribution in [0.25, 0.3) is 0 Å². The van der Waals surface area contributed by atoms with Gasteiger partial charge in [-0.3, -0.25) is 9.59 Å². The molecule has 0 spiro atoms. The summed E-state index contributed by atoms with van der Waals surface area (Å²) < 4.78 is 0. The van der Waals surface area contributed by atoms with Gasteiger partial charge in [-0.2, -0.15) is 0 Å². The Kier molecular flexibility index (Phi) is 34.4. The number of unbranched alkanes of at least 4 members (excludes halogenated alkanes) is 8. The molecule has 0 aliphatic heterocycles. The number of carboxylic acids is 2. The molecular formula is C16H32O5Ti. The molecule has 0 unspecified atom stereocenters.